The zero-order valence-corrected chi connectivity index (χ0v) is 18.9. The van der Waals surface area contributed by atoms with Gasteiger partial charge < -0.3 is 5.11 Å². The molecule has 1 saturated heterocycles. The Hall–Kier alpha value is -3.02. The van der Waals surface area contributed by atoms with Crippen LogP contribution in [-0.4, -0.2) is 33.5 Å². The SMILES string of the molecule is Cc1c(-c2ccccc2)cccc1-c1nc2cc(CN3CCCCC3C(=O)O)ccc2s1. The van der Waals surface area contributed by atoms with Gasteiger partial charge in [-0.1, -0.05) is 61.0 Å². The number of aromatic nitrogens is 1. The minimum atomic E-state index is -0.713. The summed E-state index contributed by atoms with van der Waals surface area (Å²) in [5.74, 6) is -0.713. The predicted molar refractivity (Wildman–Crippen MR) is 131 cm³/mol. The molecule has 32 heavy (non-hydrogen) atoms. The summed E-state index contributed by atoms with van der Waals surface area (Å²) < 4.78 is 1.15. The fourth-order valence-electron chi connectivity index (χ4n) is 4.68. The number of piperidine rings is 1. The highest BCUT2D eigenvalue weighted by atomic mass is 32.1. The molecule has 1 aliphatic rings. The lowest BCUT2D eigenvalue weighted by Gasteiger charge is -2.32. The van der Waals surface area contributed by atoms with Crippen molar-refractivity contribution in [2.24, 2.45) is 0 Å². The fraction of sp³-hybridized carbons (Fsp3) is 0.259. The van der Waals surface area contributed by atoms with E-state index in [9.17, 15) is 9.90 Å². The van der Waals surface area contributed by atoms with Crippen LogP contribution in [0.5, 0.6) is 0 Å². The Balaban J connectivity index is 1.46. The maximum atomic E-state index is 11.6. The van der Waals surface area contributed by atoms with E-state index < -0.39 is 5.97 Å². The van der Waals surface area contributed by atoms with Crippen LogP contribution in [-0.2, 0) is 11.3 Å². The van der Waals surface area contributed by atoms with E-state index in [4.69, 9.17) is 4.98 Å². The monoisotopic (exact) mass is 442 g/mol. The normalized spacial score (nSPS) is 17.0. The molecule has 0 spiro atoms. The van der Waals surface area contributed by atoms with Gasteiger partial charge >= 0.3 is 5.97 Å². The maximum absolute atomic E-state index is 11.6. The molecule has 1 aromatic heterocycles. The average Bonchev–Trinajstić information content (AvgIpc) is 3.23. The van der Waals surface area contributed by atoms with Crippen molar-refractivity contribution in [1.29, 1.82) is 0 Å². The molecule has 0 aliphatic carbocycles. The zero-order chi connectivity index (χ0) is 22.1. The van der Waals surface area contributed by atoms with E-state index in [2.05, 4.69) is 72.5 Å². The van der Waals surface area contributed by atoms with Crippen molar-refractivity contribution in [1.82, 2.24) is 9.88 Å². The van der Waals surface area contributed by atoms with Crippen molar-refractivity contribution >= 4 is 27.5 Å². The summed E-state index contributed by atoms with van der Waals surface area (Å²) in [6.45, 7) is 3.66. The third-order valence-electron chi connectivity index (χ3n) is 6.39. The van der Waals surface area contributed by atoms with Gasteiger partial charge in [-0.3, -0.25) is 9.69 Å². The topological polar surface area (TPSA) is 53.4 Å². The second kappa shape index (κ2) is 8.85. The van der Waals surface area contributed by atoms with Gasteiger partial charge in [0.25, 0.3) is 0 Å². The molecule has 0 amide bonds. The number of thiazole rings is 1. The Morgan fingerprint density at radius 3 is 2.69 bits per heavy atom. The number of hydrogen-bond acceptors (Lipinski definition) is 4. The van der Waals surface area contributed by atoms with Crippen LogP contribution in [0.1, 0.15) is 30.4 Å². The largest absolute Gasteiger partial charge is 0.480 e. The van der Waals surface area contributed by atoms with E-state index in [0.29, 0.717) is 6.54 Å². The standard InChI is InChI=1S/C27H26N2O2S/c1-18-21(20-8-3-2-4-9-20)10-7-11-22(18)26-28-23-16-19(13-14-25(23)32-26)17-29-15-6-5-12-24(29)27(30)31/h2-4,7-11,13-14,16,24H,5-6,12,15,17H2,1H3,(H,30,31). The minimum Gasteiger partial charge on any atom is -0.480 e. The van der Waals surface area contributed by atoms with Crippen molar-refractivity contribution in [2.75, 3.05) is 6.54 Å². The Labute approximate surface area is 192 Å². The second-order valence-electron chi connectivity index (χ2n) is 8.49. The second-order valence-corrected chi connectivity index (χ2v) is 9.52. The van der Waals surface area contributed by atoms with Gasteiger partial charge in [0.05, 0.1) is 10.2 Å². The van der Waals surface area contributed by atoms with Crippen LogP contribution in [0.4, 0.5) is 0 Å². The highest BCUT2D eigenvalue weighted by molar-refractivity contribution is 7.21. The van der Waals surface area contributed by atoms with Gasteiger partial charge in [0.2, 0.25) is 0 Å². The molecule has 0 bridgehead atoms. The first-order valence-electron chi connectivity index (χ1n) is 11.1. The quantitative estimate of drug-likeness (QED) is 0.390. The van der Waals surface area contributed by atoms with Gasteiger partial charge in [-0.05, 0) is 60.7 Å². The van der Waals surface area contributed by atoms with E-state index in [1.54, 1.807) is 11.3 Å². The molecule has 2 heterocycles. The van der Waals surface area contributed by atoms with Crippen LogP contribution in [0.2, 0.25) is 0 Å². The number of hydrogen-bond donors (Lipinski definition) is 1. The predicted octanol–water partition coefficient (Wildman–Crippen LogP) is 6.38. The number of rotatable bonds is 5. The Morgan fingerprint density at radius 2 is 1.88 bits per heavy atom. The van der Waals surface area contributed by atoms with Crippen molar-refractivity contribution < 1.29 is 9.90 Å². The Morgan fingerprint density at radius 1 is 1.06 bits per heavy atom. The molecule has 5 heteroatoms. The molecule has 0 radical (unpaired) electrons. The summed E-state index contributed by atoms with van der Waals surface area (Å²) in [4.78, 5) is 18.7. The number of likely N-dealkylation sites (tertiary alicyclic amines) is 1. The van der Waals surface area contributed by atoms with Crippen LogP contribution in [0.15, 0.2) is 66.7 Å². The van der Waals surface area contributed by atoms with E-state index in [1.807, 2.05) is 6.07 Å². The van der Waals surface area contributed by atoms with E-state index >= 15 is 0 Å². The van der Waals surface area contributed by atoms with Gasteiger partial charge in [-0.15, -0.1) is 11.3 Å². The maximum Gasteiger partial charge on any atom is 0.320 e. The third-order valence-corrected chi connectivity index (χ3v) is 7.46. The molecule has 162 valence electrons. The summed E-state index contributed by atoms with van der Waals surface area (Å²) in [7, 11) is 0. The van der Waals surface area contributed by atoms with Gasteiger partial charge in [0.15, 0.2) is 0 Å². The molecule has 5 rings (SSSR count). The molecule has 1 unspecified atom stereocenters. The van der Waals surface area contributed by atoms with Crippen LogP contribution in [0, 0.1) is 6.92 Å². The molecule has 3 aromatic carbocycles. The minimum absolute atomic E-state index is 0.381. The third kappa shape index (κ3) is 4.06. The van der Waals surface area contributed by atoms with Crippen LogP contribution in [0.3, 0.4) is 0 Å². The molecule has 4 aromatic rings. The van der Waals surface area contributed by atoms with Gasteiger partial charge in [0.1, 0.15) is 11.0 Å². The molecule has 0 saturated carbocycles. The number of carbonyl (C=O) groups is 1. The molecular weight excluding hydrogens is 416 g/mol. The number of benzene rings is 3. The lowest BCUT2D eigenvalue weighted by Crippen LogP contribution is -2.43. The van der Waals surface area contributed by atoms with Crippen LogP contribution >= 0.6 is 11.3 Å². The molecule has 1 aliphatic heterocycles. The fourth-order valence-corrected chi connectivity index (χ4v) is 5.71. The highest BCUT2D eigenvalue weighted by Gasteiger charge is 2.28. The zero-order valence-electron chi connectivity index (χ0n) is 18.1. The van der Waals surface area contributed by atoms with Crippen molar-refractivity contribution in [2.45, 2.75) is 38.8 Å². The number of carboxylic acid groups (broad SMARTS) is 1. The summed E-state index contributed by atoms with van der Waals surface area (Å²) in [6, 6.07) is 22.9. The van der Waals surface area contributed by atoms with E-state index in [0.717, 1.165) is 52.2 Å². The lowest BCUT2D eigenvalue weighted by atomic mass is 9.97. The van der Waals surface area contributed by atoms with Crippen molar-refractivity contribution in [3.63, 3.8) is 0 Å². The summed E-state index contributed by atoms with van der Waals surface area (Å²) in [5, 5.41) is 10.6. The lowest BCUT2D eigenvalue weighted by molar-refractivity contribution is -0.144. The number of aliphatic carboxylic acids is 1. The molecule has 1 fully saturated rings. The van der Waals surface area contributed by atoms with Crippen LogP contribution in [0.25, 0.3) is 31.9 Å². The average molecular weight is 443 g/mol. The highest BCUT2D eigenvalue weighted by Crippen LogP contribution is 2.36. The first-order chi connectivity index (χ1) is 15.6. The van der Waals surface area contributed by atoms with Gasteiger partial charge in [-0.25, -0.2) is 4.98 Å². The van der Waals surface area contributed by atoms with Crippen LogP contribution < -0.4 is 0 Å². The number of nitrogens with zero attached hydrogens (tertiary/aromatic N) is 2. The van der Waals surface area contributed by atoms with E-state index in [1.165, 1.54) is 16.7 Å². The summed E-state index contributed by atoms with van der Waals surface area (Å²) >= 11 is 1.71. The smallest absolute Gasteiger partial charge is 0.320 e. The van der Waals surface area contributed by atoms with E-state index in [-0.39, 0.29) is 6.04 Å². The molecule has 4 nitrogen and oxygen atoms in total. The van der Waals surface area contributed by atoms with Gasteiger partial charge in [0, 0.05) is 12.1 Å². The number of carboxylic acids is 1. The molecule has 1 atom stereocenters. The molecular formula is C27H26N2O2S. The summed E-state index contributed by atoms with van der Waals surface area (Å²) in [5.41, 5.74) is 6.94. The Kier molecular flexibility index (Phi) is 5.77. The van der Waals surface area contributed by atoms with Crippen molar-refractivity contribution in [3.05, 3.63) is 77.9 Å². The first-order valence-corrected chi connectivity index (χ1v) is 11.9. The molecule has 1 N–H and O–H groups in total. The first kappa shape index (κ1) is 20.9. The summed E-state index contributed by atoms with van der Waals surface area (Å²) in [6.07, 6.45) is 2.78. The Bertz CT molecular complexity index is 1270. The van der Waals surface area contributed by atoms with Gasteiger partial charge in [-0.2, -0.15) is 0 Å². The number of fused-ring (bicyclic) bond motifs is 1. The van der Waals surface area contributed by atoms with Crippen molar-refractivity contribution in [3.8, 4) is 21.7 Å².